The van der Waals surface area contributed by atoms with E-state index in [0.717, 1.165) is 20.3 Å². The van der Waals surface area contributed by atoms with Crippen LogP contribution < -0.4 is 15.4 Å². The summed E-state index contributed by atoms with van der Waals surface area (Å²) >= 11 is 6.75. The van der Waals surface area contributed by atoms with E-state index in [1.165, 1.54) is 0 Å². The fourth-order valence-corrected chi connectivity index (χ4v) is 3.61. The van der Waals surface area contributed by atoms with Crippen molar-refractivity contribution in [1.82, 2.24) is 10.6 Å². The number of rotatable bonds is 7. The molecule has 3 aromatic rings. The summed E-state index contributed by atoms with van der Waals surface area (Å²) in [4.78, 5) is 25.6. The van der Waals surface area contributed by atoms with Crippen molar-refractivity contribution in [3.8, 4) is 5.75 Å². The molecule has 0 aliphatic rings. The van der Waals surface area contributed by atoms with Crippen molar-refractivity contribution in [3.63, 3.8) is 0 Å². The summed E-state index contributed by atoms with van der Waals surface area (Å²) in [5.41, 5.74) is 1.69. The highest BCUT2D eigenvalue weighted by molar-refractivity contribution is 9.10. The summed E-state index contributed by atoms with van der Waals surface area (Å²) in [5.74, 6) is 0.117. The SMILES string of the molecule is CCOc1ccc(C(NC(=O)c2cccc(Br)c2)NC(=O)c2cccc(Br)c2)cc1. The molecule has 0 saturated carbocycles. The third-order valence-corrected chi connectivity index (χ3v) is 5.24. The molecule has 2 N–H and O–H groups in total. The average molecular weight is 532 g/mol. The monoisotopic (exact) mass is 530 g/mol. The maximum atomic E-state index is 12.8. The van der Waals surface area contributed by atoms with Crippen LogP contribution in [0.25, 0.3) is 0 Å². The Morgan fingerprint density at radius 1 is 0.833 bits per heavy atom. The predicted octanol–water partition coefficient (Wildman–Crippen LogP) is 5.47. The number of hydrogen-bond acceptors (Lipinski definition) is 3. The van der Waals surface area contributed by atoms with E-state index in [2.05, 4.69) is 42.5 Å². The molecular weight excluding hydrogens is 512 g/mol. The van der Waals surface area contributed by atoms with Crippen molar-refractivity contribution >= 4 is 43.7 Å². The number of hydrogen-bond donors (Lipinski definition) is 2. The van der Waals surface area contributed by atoms with Gasteiger partial charge in [-0.05, 0) is 61.0 Å². The van der Waals surface area contributed by atoms with Crippen LogP contribution in [0.5, 0.6) is 5.75 Å². The molecule has 154 valence electrons. The molecule has 30 heavy (non-hydrogen) atoms. The van der Waals surface area contributed by atoms with Crippen LogP contribution in [0, 0.1) is 0 Å². The molecule has 0 aliphatic heterocycles. The molecule has 0 aliphatic carbocycles. The minimum atomic E-state index is -0.723. The first-order valence-electron chi connectivity index (χ1n) is 9.32. The van der Waals surface area contributed by atoms with Crippen LogP contribution in [0.2, 0.25) is 0 Å². The fourth-order valence-electron chi connectivity index (χ4n) is 2.81. The number of ether oxygens (including phenoxy) is 1. The summed E-state index contributed by atoms with van der Waals surface area (Å²) < 4.78 is 7.08. The van der Waals surface area contributed by atoms with Crippen LogP contribution >= 0.6 is 31.9 Å². The second-order valence-corrected chi connectivity index (χ2v) is 8.23. The Bertz CT molecular complexity index is 979. The van der Waals surface area contributed by atoms with E-state index in [4.69, 9.17) is 4.74 Å². The maximum absolute atomic E-state index is 12.8. The molecule has 7 heteroatoms. The molecule has 0 radical (unpaired) electrons. The molecule has 5 nitrogen and oxygen atoms in total. The van der Waals surface area contributed by atoms with Gasteiger partial charge in [0.25, 0.3) is 11.8 Å². The number of nitrogens with one attached hydrogen (secondary N) is 2. The van der Waals surface area contributed by atoms with Crippen LogP contribution in [-0.2, 0) is 0 Å². The van der Waals surface area contributed by atoms with Crippen LogP contribution in [-0.4, -0.2) is 18.4 Å². The van der Waals surface area contributed by atoms with E-state index in [9.17, 15) is 9.59 Å². The van der Waals surface area contributed by atoms with Gasteiger partial charge in [0.1, 0.15) is 11.9 Å². The highest BCUT2D eigenvalue weighted by atomic mass is 79.9. The van der Waals surface area contributed by atoms with Gasteiger partial charge in [-0.3, -0.25) is 9.59 Å². The number of halogens is 2. The zero-order chi connectivity index (χ0) is 21.5. The van der Waals surface area contributed by atoms with Crippen molar-refractivity contribution in [1.29, 1.82) is 0 Å². The number of benzene rings is 3. The Morgan fingerprint density at radius 2 is 1.33 bits per heavy atom. The van der Waals surface area contributed by atoms with Gasteiger partial charge in [0, 0.05) is 20.1 Å². The second kappa shape index (κ2) is 10.4. The summed E-state index contributed by atoms with van der Waals surface area (Å²) in [6, 6.07) is 21.4. The third-order valence-electron chi connectivity index (χ3n) is 4.25. The molecule has 0 fully saturated rings. The molecule has 0 bridgehead atoms. The Hall–Kier alpha value is -2.64. The van der Waals surface area contributed by atoms with E-state index in [1.54, 1.807) is 36.4 Å². The smallest absolute Gasteiger partial charge is 0.253 e. The van der Waals surface area contributed by atoms with Gasteiger partial charge in [0.2, 0.25) is 0 Å². The van der Waals surface area contributed by atoms with Gasteiger partial charge < -0.3 is 15.4 Å². The Morgan fingerprint density at radius 3 is 1.77 bits per heavy atom. The highest BCUT2D eigenvalue weighted by Crippen LogP contribution is 2.19. The van der Waals surface area contributed by atoms with Crippen LogP contribution in [0.1, 0.15) is 39.4 Å². The predicted molar refractivity (Wildman–Crippen MR) is 124 cm³/mol. The molecule has 0 atom stereocenters. The van der Waals surface area contributed by atoms with Gasteiger partial charge in [-0.2, -0.15) is 0 Å². The summed E-state index contributed by atoms with van der Waals surface area (Å²) in [6.45, 7) is 2.47. The van der Waals surface area contributed by atoms with Gasteiger partial charge in [-0.25, -0.2) is 0 Å². The standard InChI is InChI=1S/C23H20Br2N2O3/c1-2-30-20-11-9-15(10-12-20)21(26-22(28)16-5-3-7-18(24)13-16)27-23(29)17-6-4-8-19(25)14-17/h3-14,21H,2H2,1H3,(H,26,28)(H,27,29). The second-order valence-electron chi connectivity index (χ2n) is 6.40. The van der Waals surface area contributed by atoms with Gasteiger partial charge in [-0.1, -0.05) is 56.1 Å². The third kappa shape index (κ3) is 5.93. The van der Waals surface area contributed by atoms with Gasteiger partial charge >= 0.3 is 0 Å². The maximum Gasteiger partial charge on any atom is 0.253 e. The first kappa shape index (κ1) is 22.1. The number of carbonyl (C=O) groups is 2. The molecule has 0 aromatic heterocycles. The average Bonchev–Trinajstić information content (AvgIpc) is 2.74. The lowest BCUT2D eigenvalue weighted by Crippen LogP contribution is -2.41. The zero-order valence-electron chi connectivity index (χ0n) is 16.2. The van der Waals surface area contributed by atoms with Crippen molar-refractivity contribution in [2.24, 2.45) is 0 Å². The first-order valence-corrected chi connectivity index (χ1v) is 10.9. The van der Waals surface area contributed by atoms with Gasteiger partial charge in [0.15, 0.2) is 0 Å². The minimum Gasteiger partial charge on any atom is -0.494 e. The van der Waals surface area contributed by atoms with E-state index in [-0.39, 0.29) is 11.8 Å². The normalized spacial score (nSPS) is 10.5. The van der Waals surface area contributed by atoms with Crippen molar-refractivity contribution in [2.45, 2.75) is 13.1 Å². The molecule has 0 spiro atoms. The lowest BCUT2D eigenvalue weighted by atomic mass is 10.1. The summed E-state index contributed by atoms with van der Waals surface area (Å²) in [5, 5.41) is 5.80. The molecular formula is C23H20Br2N2O3. The highest BCUT2D eigenvalue weighted by Gasteiger charge is 2.19. The van der Waals surface area contributed by atoms with Crippen LogP contribution in [0.15, 0.2) is 81.7 Å². The summed E-state index contributed by atoms with van der Waals surface area (Å²) in [7, 11) is 0. The fraction of sp³-hybridized carbons (Fsp3) is 0.130. The summed E-state index contributed by atoms with van der Waals surface area (Å²) in [6.07, 6.45) is -0.723. The van der Waals surface area contributed by atoms with Crippen LogP contribution in [0.3, 0.4) is 0 Å². The van der Waals surface area contributed by atoms with E-state index in [1.807, 2.05) is 43.3 Å². The molecule has 3 aromatic carbocycles. The zero-order valence-corrected chi connectivity index (χ0v) is 19.4. The van der Waals surface area contributed by atoms with Gasteiger partial charge in [0.05, 0.1) is 6.61 Å². The molecule has 0 heterocycles. The van der Waals surface area contributed by atoms with Crippen molar-refractivity contribution in [3.05, 3.63) is 98.4 Å². The van der Waals surface area contributed by atoms with Gasteiger partial charge in [-0.15, -0.1) is 0 Å². The number of carbonyl (C=O) groups excluding carboxylic acids is 2. The largest absolute Gasteiger partial charge is 0.494 e. The lowest BCUT2D eigenvalue weighted by Gasteiger charge is -2.21. The first-order chi connectivity index (χ1) is 14.5. The topological polar surface area (TPSA) is 67.4 Å². The minimum absolute atomic E-state index is 0.301. The quantitative estimate of drug-likeness (QED) is 0.397. The Labute approximate surface area is 192 Å². The lowest BCUT2D eigenvalue weighted by molar-refractivity contribution is 0.0883. The Kier molecular flexibility index (Phi) is 7.65. The molecule has 3 rings (SSSR count). The van der Waals surface area contributed by atoms with E-state index in [0.29, 0.717) is 17.7 Å². The van der Waals surface area contributed by atoms with Crippen LogP contribution in [0.4, 0.5) is 0 Å². The number of amides is 2. The Balaban J connectivity index is 1.85. The van der Waals surface area contributed by atoms with Crippen molar-refractivity contribution in [2.75, 3.05) is 6.61 Å². The van der Waals surface area contributed by atoms with E-state index < -0.39 is 6.17 Å². The van der Waals surface area contributed by atoms with E-state index >= 15 is 0 Å². The molecule has 0 saturated heterocycles. The molecule has 0 unspecified atom stereocenters. The van der Waals surface area contributed by atoms with Crippen molar-refractivity contribution < 1.29 is 14.3 Å². The molecule has 2 amide bonds.